The van der Waals surface area contributed by atoms with Gasteiger partial charge in [-0.2, -0.15) is 0 Å². The van der Waals surface area contributed by atoms with E-state index in [0.717, 1.165) is 11.2 Å². The van der Waals surface area contributed by atoms with Gasteiger partial charge in [0.05, 0.1) is 11.2 Å². The van der Waals surface area contributed by atoms with E-state index in [2.05, 4.69) is 84.4 Å². The Kier molecular flexibility index (Phi) is 4.44. The van der Waals surface area contributed by atoms with E-state index in [-0.39, 0.29) is 0 Å². The van der Waals surface area contributed by atoms with Crippen LogP contribution in [0.15, 0.2) is 104 Å². The van der Waals surface area contributed by atoms with Gasteiger partial charge in [0.2, 0.25) is 0 Å². The van der Waals surface area contributed by atoms with Gasteiger partial charge in [-0.15, -0.1) is 0 Å². The second kappa shape index (κ2) is 7.20. The fraction of sp³-hybridized carbons (Fsp3) is 0. The molecule has 26 heavy (non-hydrogen) atoms. The van der Waals surface area contributed by atoms with Crippen molar-refractivity contribution < 1.29 is 0 Å². The lowest BCUT2D eigenvalue weighted by Crippen LogP contribution is -1.81. The fourth-order valence-electron chi connectivity index (χ4n) is 3.15. The number of para-hydroxylation sites is 1. The number of benzene rings is 4. The van der Waals surface area contributed by atoms with Gasteiger partial charge in [0.15, 0.2) is 0 Å². The van der Waals surface area contributed by atoms with Crippen LogP contribution in [-0.2, 0) is 0 Å². The van der Waals surface area contributed by atoms with Crippen LogP contribution in [0.2, 0.25) is 0 Å². The van der Waals surface area contributed by atoms with Gasteiger partial charge in [-0.25, -0.2) is 4.98 Å². The Morgan fingerprint density at radius 2 is 1.04 bits per heavy atom. The zero-order valence-corrected chi connectivity index (χ0v) is 14.5. The predicted molar refractivity (Wildman–Crippen MR) is 113 cm³/mol. The van der Waals surface area contributed by atoms with E-state index in [0.29, 0.717) is 0 Å². The maximum Gasteiger partial charge on any atom is 0.0709 e. The van der Waals surface area contributed by atoms with Crippen LogP contribution in [0.4, 0.5) is 0 Å². The van der Waals surface area contributed by atoms with Gasteiger partial charge >= 0.3 is 0 Å². The molecule has 0 fully saturated rings. The summed E-state index contributed by atoms with van der Waals surface area (Å²) < 4.78 is 0. The summed E-state index contributed by atoms with van der Waals surface area (Å²) in [6, 6.07) is 33.4. The van der Waals surface area contributed by atoms with Crippen molar-refractivity contribution in [3.63, 3.8) is 0 Å². The first-order chi connectivity index (χ1) is 12.8. The molecule has 0 radical (unpaired) electrons. The Labute approximate surface area is 153 Å². The third kappa shape index (κ3) is 3.20. The molecule has 0 amide bonds. The number of hydrogen-bond donors (Lipinski definition) is 0. The minimum absolute atomic E-state index is 0.925. The molecule has 0 saturated heterocycles. The molecule has 0 aliphatic rings. The minimum Gasteiger partial charge on any atom is -0.248 e. The van der Waals surface area contributed by atoms with Gasteiger partial charge in [0, 0.05) is 5.39 Å². The zero-order chi connectivity index (χ0) is 17.8. The molecule has 1 aromatic heterocycles. The van der Waals surface area contributed by atoms with Crippen molar-refractivity contribution in [2.24, 2.45) is 0 Å². The van der Waals surface area contributed by atoms with E-state index < -0.39 is 0 Å². The fourth-order valence-corrected chi connectivity index (χ4v) is 3.15. The van der Waals surface area contributed by atoms with Crippen LogP contribution in [0, 0.1) is 0 Å². The Morgan fingerprint density at radius 3 is 1.65 bits per heavy atom. The summed E-state index contributed by atoms with van der Waals surface area (Å²) >= 11 is 0. The standard InChI is InChI=1S/C14H10.C11H9N/c1-3-7-13-11(5-1)9-10-12-6-2-4-8-14(12)13;1-2-10-8-7-9-5-3-4-6-11(9)12-10/h1-10H;2-8H,1H2. The summed E-state index contributed by atoms with van der Waals surface area (Å²) in [7, 11) is 0. The maximum atomic E-state index is 4.38. The lowest BCUT2D eigenvalue weighted by atomic mass is 10.0. The van der Waals surface area contributed by atoms with Crippen molar-refractivity contribution in [3.05, 3.63) is 109 Å². The first-order valence-electron chi connectivity index (χ1n) is 8.70. The lowest BCUT2D eigenvalue weighted by Gasteiger charge is -2.02. The Balaban J connectivity index is 0.000000131. The quantitative estimate of drug-likeness (QED) is 0.305. The SMILES string of the molecule is C=Cc1ccc2ccccc2n1.c1ccc2c(c1)ccc1ccccc12. The zero-order valence-electron chi connectivity index (χ0n) is 14.5. The van der Waals surface area contributed by atoms with Crippen LogP contribution in [0.25, 0.3) is 38.5 Å². The third-order valence-corrected chi connectivity index (χ3v) is 4.48. The molecule has 4 aromatic carbocycles. The molecule has 0 unspecified atom stereocenters. The monoisotopic (exact) mass is 333 g/mol. The number of aromatic nitrogens is 1. The lowest BCUT2D eigenvalue weighted by molar-refractivity contribution is 1.37. The molecule has 0 bridgehead atoms. The highest BCUT2D eigenvalue weighted by molar-refractivity contribution is 6.07. The summed E-state index contributed by atoms with van der Waals surface area (Å²) in [5.74, 6) is 0. The maximum absolute atomic E-state index is 4.38. The van der Waals surface area contributed by atoms with Crippen molar-refractivity contribution in [1.29, 1.82) is 0 Å². The number of rotatable bonds is 1. The predicted octanol–water partition coefficient (Wildman–Crippen LogP) is 6.87. The highest BCUT2D eigenvalue weighted by Crippen LogP contribution is 2.24. The van der Waals surface area contributed by atoms with Crippen LogP contribution in [0.3, 0.4) is 0 Å². The van der Waals surface area contributed by atoms with Gasteiger partial charge < -0.3 is 0 Å². The molecular weight excluding hydrogens is 314 g/mol. The molecule has 0 aliphatic heterocycles. The third-order valence-electron chi connectivity index (χ3n) is 4.48. The molecule has 0 atom stereocenters. The molecule has 0 N–H and O–H groups in total. The summed E-state index contributed by atoms with van der Waals surface area (Å²) in [5, 5.41) is 6.47. The Hall–Kier alpha value is -3.45. The van der Waals surface area contributed by atoms with Gasteiger partial charge in [-0.05, 0) is 39.8 Å². The van der Waals surface area contributed by atoms with Crippen LogP contribution in [-0.4, -0.2) is 4.98 Å². The Bertz CT molecular complexity index is 1150. The number of fused-ring (bicyclic) bond motifs is 4. The van der Waals surface area contributed by atoms with E-state index in [1.165, 1.54) is 26.9 Å². The van der Waals surface area contributed by atoms with E-state index in [4.69, 9.17) is 0 Å². The molecular formula is C25H19N. The molecule has 5 rings (SSSR count). The van der Waals surface area contributed by atoms with E-state index in [9.17, 15) is 0 Å². The van der Waals surface area contributed by atoms with E-state index >= 15 is 0 Å². The first kappa shape index (κ1) is 16.0. The highest BCUT2D eigenvalue weighted by Gasteiger charge is 1.97. The number of hydrogen-bond acceptors (Lipinski definition) is 1. The highest BCUT2D eigenvalue weighted by atomic mass is 14.7. The van der Waals surface area contributed by atoms with Crippen LogP contribution < -0.4 is 0 Å². The van der Waals surface area contributed by atoms with Crippen molar-refractivity contribution in [2.75, 3.05) is 0 Å². The first-order valence-corrected chi connectivity index (χ1v) is 8.70. The average molecular weight is 333 g/mol. The average Bonchev–Trinajstić information content (AvgIpc) is 2.74. The van der Waals surface area contributed by atoms with Gasteiger partial charge in [0.25, 0.3) is 0 Å². The van der Waals surface area contributed by atoms with Gasteiger partial charge in [-0.3, -0.25) is 0 Å². The molecule has 0 saturated carbocycles. The van der Waals surface area contributed by atoms with Crippen molar-refractivity contribution in [3.8, 4) is 0 Å². The number of nitrogens with zero attached hydrogens (tertiary/aromatic N) is 1. The van der Waals surface area contributed by atoms with E-state index in [1.807, 2.05) is 24.3 Å². The second-order valence-corrected chi connectivity index (χ2v) is 6.14. The van der Waals surface area contributed by atoms with Crippen LogP contribution in [0.5, 0.6) is 0 Å². The molecule has 0 spiro atoms. The Morgan fingerprint density at radius 1 is 0.538 bits per heavy atom. The molecule has 1 heteroatoms. The smallest absolute Gasteiger partial charge is 0.0709 e. The van der Waals surface area contributed by atoms with Crippen LogP contribution in [0.1, 0.15) is 5.69 Å². The van der Waals surface area contributed by atoms with Crippen molar-refractivity contribution >= 4 is 38.5 Å². The topological polar surface area (TPSA) is 12.9 Å². The normalized spacial score (nSPS) is 10.5. The minimum atomic E-state index is 0.925. The molecule has 124 valence electrons. The molecule has 1 nitrogen and oxygen atoms in total. The second-order valence-electron chi connectivity index (χ2n) is 6.14. The summed E-state index contributed by atoms with van der Waals surface area (Å²) in [5.41, 5.74) is 1.95. The molecule has 0 aliphatic carbocycles. The van der Waals surface area contributed by atoms with Crippen LogP contribution >= 0.6 is 0 Å². The molecule has 5 aromatic rings. The largest absolute Gasteiger partial charge is 0.248 e. The van der Waals surface area contributed by atoms with Gasteiger partial charge in [0.1, 0.15) is 0 Å². The van der Waals surface area contributed by atoms with Crippen molar-refractivity contribution in [1.82, 2.24) is 4.98 Å². The molecule has 1 heterocycles. The summed E-state index contributed by atoms with van der Waals surface area (Å²) in [6.45, 7) is 3.68. The summed E-state index contributed by atoms with van der Waals surface area (Å²) in [6.07, 6.45) is 1.76. The summed E-state index contributed by atoms with van der Waals surface area (Å²) in [4.78, 5) is 4.38. The number of pyridine rings is 1. The van der Waals surface area contributed by atoms with E-state index in [1.54, 1.807) is 6.08 Å². The van der Waals surface area contributed by atoms with Gasteiger partial charge in [-0.1, -0.05) is 91.5 Å². The van der Waals surface area contributed by atoms with Crippen molar-refractivity contribution in [2.45, 2.75) is 0 Å².